The van der Waals surface area contributed by atoms with Gasteiger partial charge in [-0.1, -0.05) is 35.5 Å². The molecule has 0 saturated heterocycles. The van der Waals surface area contributed by atoms with E-state index in [1.807, 2.05) is 0 Å². The molecular formula is C12H16BrN. The Balaban J connectivity index is 2.71. The zero-order valence-corrected chi connectivity index (χ0v) is 10.3. The SMILES string of the molecule is C=C(Br)CNc1ccc(CC)c(C)c1. The first-order valence-corrected chi connectivity index (χ1v) is 5.59. The van der Waals surface area contributed by atoms with E-state index in [0.29, 0.717) is 0 Å². The van der Waals surface area contributed by atoms with Gasteiger partial charge in [0.05, 0.1) is 0 Å². The molecule has 0 amide bonds. The maximum Gasteiger partial charge on any atom is 0.0460 e. The molecule has 0 atom stereocenters. The molecule has 1 aromatic rings. The van der Waals surface area contributed by atoms with Crippen molar-refractivity contribution in [2.75, 3.05) is 11.9 Å². The molecule has 0 aliphatic rings. The molecule has 0 bridgehead atoms. The first kappa shape index (κ1) is 11.3. The predicted molar refractivity (Wildman–Crippen MR) is 67.1 cm³/mol. The fraction of sp³-hybridized carbons (Fsp3) is 0.333. The molecule has 76 valence electrons. The zero-order valence-electron chi connectivity index (χ0n) is 8.73. The van der Waals surface area contributed by atoms with Gasteiger partial charge >= 0.3 is 0 Å². The van der Waals surface area contributed by atoms with Gasteiger partial charge in [0, 0.05) is 16.7 Å². The summed E-state index contributed by atoms with van der Waals surface area (Å²) in [5.74, 6) is 0. The lowest BCUT2D eigenvalue weighted by Gasteiger charge is -2.08. The second-order valence-electron chi connectivity index (χ2n) is 3.37. The molecule has 1 aromatic carbocycles. The number of aryl methyl sites for hydroxylation is 2. The van der Waals surface area contributed by atoms with E-state index < -0.39 is 0 Å². The van der Waals surface area contributed by atoms with Crippen molar-refractivity contribution < 1.29 is 0 Å². The Kier molecular flexibility index (Phi) is 4.21. The summed E-state index contributed by atoms with van der Waals surface area (Å²) in [6, 6.07) is 6.46. The van der Waals surface area contributed by atoms with E-state index in [1.54, 1.807) is 0 Å². The normalized spacial score (nSPS) is 9.93. The zero-order chi connectivity index (χ0) is 10.6. The molecule has 0 aromatic heterocycles. The molecule has 1 rings (SSSR count). The molecule has 0 saturated carbocycles. The molecule has 1 nitrogen and oxygen atoms in total. The van der Waals surface area contributed by atoms with Crippen LogP contribution in [-0.4, -0.2) is 6.54 Å². The molecule has 0 unspecified atom stereocenters. The number of nitrogens with one attached hydrogen (secondary N) is 1. The van der Waals surface area contributed by atoms with E-state index in [4.69, 9.17) is 0 Å². The topological polar surface area (TPSA) is 12.0 Å². The third-order valence-corrected chi connectivity index (χ3v) is 2.49. The Morgan fingerprint density at radius 1 is 1.50 bits per heavy atom. The Labute approximate surface area is 94.3 Å². The second-order valence-corrected chi connectivity index (χ2v) is 4.49. The van der Waals surface area contributed by atoms with Crippen LogP contribution in [0.4, 0.5) is 5.69 Å². The summed E-state index contributed by atoms with van der Waals surface area (Å²) >= 11 is 3.32. The van der Waals surface area contributed by atoms with E-state index in [-0.39, 0.29) is 0 Å². The van der Waals surface area contributed by atoms with Crippen molar-refractivity contribution >= 4 is 21.6 Å². The van der Waals surface area contributed by atoms with Gasteiger partial charge in [-0.2, -0.15) is 0 Å². The molecule has 0 aliphatic heterocycles. The highest BCUT2D eigenvalue weighted by atomic mass is 79.9. The molecule has 0 spiro atoms. The predicted octanol–water partition coefficient (Wildman–Crippen LogP) is 3.88. The number of hydrogen-bond acceptors (Lipinski definition) is 1. The lowest BCUT2D eigenvalue weighted by Crippen LogP contribution is -2.01. The summed E-state index contributed by atoms with van der Waals surface area (Å²) < 4.78 is 0.967. The quantitative estimate of drug-likeness (QED) is 0.859. The van der Waals surface area contributed by atoms with Crippen molar-refractivity contribution in [3.8, 4) is 0 Å². The summed E-state index contributed by atoms with van der Waals surface area (Å²) in [6.07, 6.45) is 1.09. The minimum absolute atomic E-state index is 0.769. The van der Waals surface area contributed by atoms with Gasteiger partial charge in [0.25, 0.3) is 0 Å². The van der Waals surface area contributed by atoms with Crippen LogP contribution in [0.25, 0.3) is 0 Å². The summed E-state index contributed by atoms with van der Waals surface area (Å²) in [6.45, 7) is 8.87. The van der Waals surface area contributed by atoms with E-state index >= 15 is 0 Å². The summed E-state index contributed by atoms with van der Waals surface area (Å²) in [5.41, 5.74) is 3.91. The number of halogens is 1. The Morgan fingerprint density at radius 3 is 2.71 bits per heavy atom. The van der Waals surface area contributed by atoms with Gasteiger partial charge in [0.15, 0.2) is 0 Å². The van der Waals surface area contributed by atoms with Gasteiger partial charge in [-0.05, 0) is 36.6 Å². The lowest BCUT2D eigenvalue weighted by molar-refractivity contribution is 1.11. The van der Waals surface area contributed by atoms with Crippen LogP contribution >= 0.6 is 15.9 Å². The first-order chi connectivity index (χ1) is 6.63. The average molecular weight is 254 g/mol. The van der Waals surface area contributed by atoms with Crippen molar-refractivity contribution in [3.05, 3.63) is 40.4 Å². The standard InChI is InChI=1S/C12H16BrN/c1-4-11-5-6-12(7-9(11)2)14-8-10(3)13/h5-7,14H,3-4,8H2,1-2H3. The minimum Gasteiger partial charge on any atom is -0.380 e. The van der Waals surface area contributed by atoms with Gasteiger partial charge in [0.1, 0.15) is 0 Å². The second kappa shape index (κ2) is 5.20. The smallest absolute Gasteiger partial charge is 0.0460 e. The van der Waals surface area contributed by atoms with E-state index in [0.717, 1.165) is 23.1 Å². The molecule has 0 fully saturated rings. The highest BCUT2D eigenvalue weighted by Gasteiger charge is 1.97. The van der Waals surface area contributed by atoms with Crippen LogP contribution in [0, 0.1) is 6.92 Å². The van der Waals surface area contributed by atoms with Crippen LogP contribution in [0.15, 0.2) is 29.3 Å². The fourth-order valence-electron chi connectivity index (χ4n) is 1.40. The van der Waals surface area contributed by atoms with Crippen LogP contribution in [0.2, 0.25) is 0 Å². The van der Waals surface area contributed by atoms with Gasteiger partial charge in [-0.15, -0.1) is 0 Å². The maximum absolute atomic E-state index is 3.78. The van der Waals surface area contributed by atoms with Gasteiger partial charge in [0.2, 0.25) is 0 Å². The number of benzene rings is 1. The third-order valence-electron chi connectivity index (χ3n) is 2.21. The molecule has 0 radical (unpaired) electrons. The van der Waals surface area contributed by atoms with Crippen LogP contribution in [0.1, 0.15) is 18.1 Å². The lowest BCUT2D eigenvalue weighted by atomic mass is 10.1. The van der Waals surface area contributed by atoms with E-state index in [9.17, 15) is 0 Å². The first-order valence-electron chi connectivity index (χ1n) is 4.80. The largest absolute Gasteiger partial charge is 0.380 e. The van der Waals surface area contributed by atoms with Crippen molar-refractivity contribution in [2.45, 2.75) is 20.3 Å². The molecule has 0 aliphatic carbocycles. The monoisotopic (exact) mass is 253 g/mol. The summed E-state index contributed by atoms with van der Waals surface area (Å²) in [5, 5.41) is 3.29. The highest BCUT2D eigenvalue weighted by molar-refractivity contribution is 9.11. The molecule has 1 N–H and O–H groups in total. The Hall–Kier alpha value is -0.760. The van der Waals surface area contributed by atoms with Gasteiger partial charge in [-0.3, -0.25) is 0 Å². The minimum atomic E-state index is 0.769. The van der Waals surface area contributed by atoms with E-state index in [2.05, 4.69) is 59.9 Å². The third kappa shape index (κ3) is 3.18. The fourth-order valence-corrected chi connectivity index (χ4v) is 1.54. The molecule has 14 heavy (non-hydrogen) atoms. The number of anilines is 1. The van der Waals surface area contributed by atoms with E-state index in [1.165, 1.54) is 11.1 Å². The molecular weight excluding hydrogens is 238 g/mol. The number of rotatable bonds is 4. The van der Waals surface area contributed by atoms with Crippen LogP contribution in [-0.2, 0) is 6.42 Å². The Morgan fingerprint density at radius 2 is 2.21 bits per heavy atom. The number of hydrogen-bond donors (Lipinski definition) is 1. The maximum atomic E-state index is 3.78. The summed E-state index contributed by atoms with van der Waals surface area (Å²) in [7, 11) is 0. The molecule has 2 heteroatoms. The van der Waals surface area contributed by atoms with Gasteiger partial charge in [-0.25, -0.2) is 0 Å². The Bertz CT molecular complexity index is 331. The van der Waals surface area contributed by atoms with Crippen LogP contribution < -0.4 is 5.32 Å². The van der Waals surface area contributed by atoms with Gasteiger partial charge < -0.3 is 5.32 Å². The van der Waals surface area contributed by atoms with Crippen molar-refractivity contribution in [2.24, 2.45) is 0 Å². The highest BCUT2D eigenvalue weighted by Crippen LogP contribution is 2.16. The van der Waals surface area contributed by atoms with Crippen molar-refractivity contribution in [1.29, 1.82) is 0 Å². The summed E-state index contributed by atoms with van der Waals surface area (Å²) in [4.78, 5) is 0. The van der Waals surface area contributed by atoms with Crippen molar-refractivity contribution in [1.82, 2.24) is 0 Å². The van der Waals surface area contributed by atoms with Crippen LogP contribution in [0.3, 0.4) is 0 Å². The van der Waals surface area contributed by atoms with Crippen molar-refractivity contribution in [3.63, 3.8) is 0 Å². The average Bonchev–Trinajstić information content (AvgIpc) is 2.15. The van der Waals surface area contributed by atoms with Crippen LogP contribution in [0.5, 0.6) is 0 Å². The molecule has 0 heterocycles.